The van der Waals surface area contributed by atoms with Crippen LogP contribution < -0.4 is 5.32 Å². The second-order valence-corrected chi connectivity index (χ2v) is 5.88. The van der Waals surface area contributed by atoms with Crippen molar-refractivity contribution in [1.82, 2.24) is 9.97 Å². The molecular weight excluding hydrogens is 254 g/mol. The van der Waals surface area contributed by atoms with Gasteiger partial charge in [0.1, 0.15) is 10.6 Å². The fourth-order valence-electron chi connectivity index (χ4n) is 1.57. The van der Waals surface area contributed by atoms with Gasteiger partial charge in [-0.25, -0.2) is 9.97 Å². The molecule has 17 heavy (non-hydrogen) atoms. The van der Waals surface area contributed by atoms with E-state index in [2.05, 4.69) is 42.1 Å². The maximum atomic E-state index is 5.93. The Kier molecular flexibility index (Phi) is 3.84. The van der Waals surface area contributed by atoms with Gasteiger partial charge in [-0.05, 0) is 30.5 Å². The molecule has 0 aliphatic carbocycles. The lowest BCUT2D eigenvalue weighted by Gasteiger charge is -2.11. The molecule has 3 nitrogen and oxygen atoms in total. The van der Waals surface area contributed by atoms with Crippen molar-refractivity contribution in [3.63, 3.8) is 0 Å². The topological polar surface area (TPSA) is 37.8 Å². The molecule has 0 fully saturated rings. The minimum Gasteiger partial charge on any atom is -0.369 e. The highest BCUT2D eigenvalue weighted by Crippen LogP contribution is 2.29. The van der Waals surface area contributed by atoms with E-state index in [9.17, 15) is 0 Å². The molecule has 0 radical (unpaired) electrons. The van der Waals surface area contributed by atoms with Crippen LogP contribution in [0.25, 0.3) is 10.2 Å². The van der Waals surface area contributed by atoms with Crippen LogP contribution in [0, 0.1) is 12.8 Å². The molecule has 1 unspecified atom stereocenters. The van der Waals surface area contributed by atoms with Gasteiger partial charge in [0.05, 0.1) is 5.39 Å². The average molecular weight is 270 g/mol. The van der Waals surface area contributed by atoms with Crippen LogP contribution in [0.2, 0.25) is 5.28 Å². The van der Waals surface area contributed by atoms with E-state index in [1.807, 2.05) is 0 Å². The molecule has 92 valence electrons. The van der Waals surface area contributed by atoms with Crippen LogP contribution in [0.3, 0.4) is 0 Å². The Balaban J connectivity index is 2.31. The number of hydrogen-bond donors (Lipinski definition) is 1. The lowest BCUT2D eigenvalue weighted by Crippen LogP contribution is -2.11. The van der Waals surface area contributed by atoms with Crippen molar-refractivity contribution < 1.29 is 0 Å². The highest BCUT2D eigenvalue weighted by Gasteiger charge is 2.10. The molecule has 2 heterocycles. The minimum atomic E-state index is 0.311. The Morgan fingerprint density at radius 2 is 2.24 bits per heavy atom. The first-order valence-corrected chi connectivity index (χ1v) is 6.97. The monoisotopic (exact) mass is 269 g/mol. The Morgan fingerprint density at radius 3 is 2.94 bits per heavy atom. The predicted octanol–water partition coefficient (Wildman–Crippen LogP) is 4.11. The second kappa shape index (κ2) is 5.19. The summed E-state index contributed by atoms with van der Waals surface area (Å²) in [5.74, 6) is 1.48. The van der Waals surface area contributed by atoms with Crippen LogP contribution in [0.4, 0.5) is 5.82 Å². The summed E-state index contributed by atoms with van der Waals surface area (Å²) in [4.78, 5) is 10.7. The molecule has 0 aliphatic heterocycles. The Labute approximate surface area is 110 Å². The summed E-state index contributed by atoms with van der Waals surface area (Å²) in [7, 11) is 0. The zero-order chi connectivity index (χ0) is 12.4. The summed E-state index contributed by atoms with van der Waals surface area (Å²) in [5, 5.41) is 4.74. The first kappa shape index (κ1) is 12.6. The molecule has 2 aromatic heterocycles. The van der Waals surface area contributed by atoms with E-state index in [1.165, 1.54) is 4.88 Å². The van der Waals surface area contributed by atoms with E-state index in [0.717, 1.165) is 29.0 Å². The van der Waals surface area contributed by atoms with Gasteiger partial charge in [0, 0.05) is 11.4 Å². The molecule has 0 saturated heterocycles. The number of anilines is 1. The third-order valence-corrected chi connectivity index (χ3v) is 3.92. The van der Waals surface area contributed by atoms with Gasteiger partial charge in [-0.1, -0.05) is 20.3 Å². The number of aryl methyl sites for hydroxylation is 1. The SMILES string of the molecule is CCC(C)CNc1nc(Cl)nc2sc(C)cc12. The van der Waals surface area contributed by atoms with Crippen LogP contribution >= 0.6 is 22.9 Å². The Hall–Kier alpha value is -0.870. The lowest BCUT2D eigenvalue weighted by molar-refractivity contribution is 0.593. The molecule has 0 aromatic carbocycles. The maximum Gasteiger partial charge on any atom is 0.225 e. The summed E-state index contributed by atoms with van der Waals surface area (Å²) in [6, 6.07) is 2.11. The lowest BCUT2D eigenvalue weighted by atomic mass is 10.1. The van der Waals surface area contributed by atoms with Crippen molar-refractivity contribution in [2.45, 2.75) is 27.2 Å². The van der Waals surface area contributed by atoms with Gasteiger partial charge >= 0.3 is 0 Å². The molecule has 0 spiro atoms. The zero-order valence-corrected chi connectivity index (χ0v) is 11.8. The van der Waals surface area contributed by atoms with E-state index in [4.69, 9.17) is 11.6 Å². The smallest absolute Gasteiger partial charge is 0.225 e. The molecule has 0 saturated carbocycles. The minimum absolute atomic E-state index is 0.311. The van der Waals surface area contributed by atoms with Gasteiger partial charge in [0.25, 0.3) is 0 Å². The van der Waals surface area contributed by atoms with Crippen molar-refractivity contribution >= 4 is 39.0 Å². The quantitative estimate of drug-likeness (QED) is 0.849. The molecule has 0 amide bonds. The Morgan fingerprint density at radius 1 is 1.47 bits per heavy atom. The van der Waals surface area contributed by atoms with Crippen LogP contribution in [0.15, 0.2) is 6.07 Å². The summed E-state index contributed by atoms with van der Waals surface area (Å²) < 4.78 is 0. The number of halogens is 1. The fourth-order valence-corrected chi connectivity index (χ4v) is 2.66. The molecule has 0 bridgehead atoms. The first-order chi connectivity index (χ1) is 8.10. The van der Waals surface area contributed by atoms with Gasteiger partial charge in [-0.15, -0.1) is 11.3 Å². The highest BCUT2D eigenvalue weighted by molar-refractivity contribution is 7.18. The van der Waals surface area contributed by atoms with Gasteiger partial charge in [0.2, 0.25) is 5.28 Å². The summed E-state index contributed by atoms with van der Waals surface area (Å²) >= 11 is 7.57. The number of hydrogen-bond acceptors (Lipinski definition) is 4. The van der Waals surface area contributed by atoms with E-state index in [1.54, 1.807) is 11.3 Å². The van der Waals surface area contributed by atoms with Crippen molar-refractivity contribution in [3.8, 4) is 0 Å². The molecule has 1 N–H and O–H groups in total. The summed E-state index contributed by atoms with van der Waals surface area (Å²) in [6.45, 7) is 7.38. The third-order valence-electron chi connectivity index (χ3n) is 2.80. The van der Waals surface area contributed by atoms with E-state index < -0.39 is 0 Å². The van der Waals surface area contributed by atoms with Crippen molar-refractivity contribution in [3.05, 3.63) is 16.2 Å². The van der Waals surface area contributed by atoms with E-state index >= 15 is 0 Å². The Bertz CT molecular complexity index is 524. The van der Waals surface area contributed by atoms with Gasteiger partial charge in [-0.3, -0.25) is 0 Å². The molecule has 5 heteroatoms. The largest absolute Gasteiger partial charge is 0.369 e. The highest BCUT2D eigenvalue weighted by atomic mass is 35.5. The normalized spacial score (nSPS) is 12.9. The number of nitrogens with zero attached hydrogens (tertiary/aromatic N) is 2. The van der Waals surface area contributed by atoms with Crippen molar-refractivity contribution in [2.24, 2.45) is 5.92 Å². The number of thiophene rings is 1. The summed E-state index contributed by atoms with van der Waals surface area (Å²) in [5.41, 5.74) is 0. The molecule has 1 atom stereocenters. The predicted molar refractivity (Wildman–Crippen MR) is 75.1 cm³/mol. The number of nitrogens with one attached hydrogen (secondary N) is 1. The van der Waals surface area contributed by atoms with Crippen LogP contribution in [0.5, 0.6) is 0 Å². The van der Waals surface area contributed by atoms with E-state index in [0.29, 0.717) is 11.2 Å². The molecule has 2 aromatic rings. The number of fused-ring (bicyclic) bond motifs is 1. The summed E-state index contributed by atoms with van der Waals surface area (Å²) in [6.07, 6.45) is 1.15. The van der Waals surface area contributed by atoms with Gasteiger partial charge in [0.15, 0.2) is 0 Å². The second-order valence-electron chi connectivity index (χ2n) is 4.31. The maximum absolute atomic E-state index is 5.93. The number of rotatable bonds is 4. The molecule has 0 aliphatic rings. The standard InChI is InChI=1S/C12H16ClN3S/c1-4-7(2)6-14-10-9-5-8(3)17-11(9)16-12(13)15-10/h5,7H,4,6H2,1-3H3,(H,14,15,16). The third kappa shape index (κ3) is 2.87. The molecule has 2 rings (SSSR count). The van der Waals surface area contributed by atoms with Gasteiger partial charge < -0.3 is 5.32 Å². The zero-order valence-electron chi connectivity index (χ0n) is 10.2. The van der Waals surface area contributed by atoms with Crippen LogP contribution in [-0.2, 0) is 0 Å². The average Bonchev–Trinajstić information content (AvgIpc) is 2.65. The van der Waals surface area contributed by atoms with Crippen LogP contribution in [-0.4, -0.2) is 16.5 Å². The van der Waals surface area contributed by atoms with Crippen LogP contribution in [0.1, 0.15) is 25.1 Å². The van der Waals surface area contributed by atoms with Crippen molar-refractivity contribution in [2.75, 3.05) is 11.9 Å². The fraction of sp³-hybridized carbons (Fsp3) is 0.500. The van der Waals surface area contributed by atoms with Gasteiger partial charge in [-0.2, -0.15) is 0 Å². The van der Waals surface area contributed by atoms with E-state index in [-0.39, 0.29) is 0 Å². The first-order valence-electron chi connectivity index (χ1n) is 5.77. The molecular formula is C12H16ClN3S. The van der Waals surface area contributed by atoms with Crippen molar-refractivity contribution in [1.29, 1.82) is 0 Å². The number of aromatic nitrogens is 2.